The molecule has 0 N–H and O–H groups in total. The van der Waals surface area contributed by atoms with Crippen molar-refractivity contribution in [1.29, 1.82) is 0 Å². The van der Waals surface area contributed by atoms with Crippen LogP contribution in [-0.2, 0) is 19.1 Å². The molecule has 0 spiro atoms. The van der Waals surface area contributed by atoms with E-state index < -0.39 is 22.7 Å². The zero-order valence-electron chi connectivity index (χ0n) is 11.2. The van der Waals surface area contributed by atoms with Gasteiger partial charge in [0.05, 0.1) is 18.6 Å². The molecule has 0 amide bonds. The van der Waals surface area contributed by atoms with Gasteiger partial charge in [-0.15, -0.1) is 18.2 Å². The molecule has 0 aliphatic rings. The fourth-order valence-electron chi connectivity index (χ4n) is 1.77. The first-order valence-corrected chi connectivity index (χ1v) is 6.55. The molecule has 0 aromatic heterocycles. The largest absolute Gasteiger partial charge is 0.465 e. The van der Waals surface area contributed by atoms with Crippen LogP contribution in [0.4, 0.5) is 0 Å². The third-order valence-electron chi connectivity index (χ3n) is 2.60. The molecule has 0 rings (SSSR count). The van der Waals surface area contributed by atoms with Gasteiger partial charge in [-0.3, -0.25) is 9.59 Å². The van der Waals surface area contributed by atoms with E-state index in [1.807, 2.05) is 6.92 Å². The van der Waals surface area contributed by atoms with Crippen LogP contribution in [0.2, 0.25) is 0 Å². The van der Waals surface area contributed by atoms with Crippen molar-refractivity contribution in [3.63, 3.8) is 0 Å². The standard InChI is InChI=1S/C13H21ClO4/c1-5-9-13(10(14)6-2,11(15)17-7-3)12(16)18-8-4/h6,10H,2,5,7-9H2,1,3-4H3. The molecule has 0 heterocycles. The molecule has 1 atom stereocenters. The maximum Gasteiger partial charge on any atom is 0.325 e. The molecule has 1 unspecified atom stereocenters. The van der Waals surface area contributed by atoms with E-state index in [1.165, 1.54) is 6.08 Å². The second kappa shape index (κ2) is 8.14. The molecule has 0 aliphatic heterocycles. The summed E-state index contributed by atoms with van der Waals surface area (Å²) in [6, 6.07) is 0. The van der Waals surface area contributed by atoms with Crippen LogP contribution in [0, 0.1) is 5.41 Å². The van der Waals surface area contributed by atoms with Gasteiger partial charge in [0.2, 0.25) is 0 Å². The lowest BCUT2D eigenvalue weighted by Crippen LogP contribution is -2.48. The number of carbonyl (C=O) groups is 2. The predicted octanol–water partition coefficient (Wildman–Crippen LogP) is 2.69. The van der Waals surface area contributed by atoms with Gasteiger partial charge in [-0.1, -0.05) is 19.4 Å². The third kappa shape index (κ3) is 3.48. The van der Waals surface area contributed by atoms with Gasteiger partial charge in [0, 0.05) is 0 Å². The van der Waals surface area contributed by atoms with E-state index in [0.29, 0.717) is 6.42 Å². The zero-order chi connectivity index (χ0) is 14.2. The summed E-state index contributed by atoms with van der Waals surface area (Å²) in [4.78, 5) is 24.2. The maximum atomic E-state index is 12.1. The number of alkyl halides is 1. The summed E-state index contributed by atoms with van der Waals surface area (Å²) < 4.78 is 9.96. The molecule has 4 nitrogen and oxygen atoms in total. The molecule has 18 heavy (non-hydrogen) atoms. The Morgan fingerprint density at radius 3 is 1.94 bits per heavy atom. The molecule has 0 aromatic carbocycles. The highest BCUT2D eigenvalue weighted by Gasteiger charge is 2.52. The van der Waals surface area contributed by atoms with E-state index in [1.54, 1.807) is 13.8 Å². The summed E-state index contributed by atoms with van der Waals surface area (Å²) >= 11 is 6.11. The predicted molar refractivity (Wildman–Crippen MR) is 70.4 cm³/mol. The van der Waals surface area contributed by atoms with Crippen LogP contribution >= 0.6 is 11.6 Å². The quantitative estimate of drug-likeness (QED) is 0.296. The van der Waals surface area contributed by atoms with E-state index >= 15 is 0 Å². The fraction of sp³-hybridized carbons (Fsp3) is 0.692. The van der Waals surface area contributed by atoms with Gasteiger partial charge in [-0.05, 0) is 20.3 Å². The monoisotopic (exact) mass is 276 g/mol. The van der Waals surface area contributed by atoms with E-state index in [2.05, 4.69) is 6.58 Å². The molecule has 0 fully saturated rings. The molecule has 0 aromatic rings. The first-order valence-electron chi connectivity index (χ1n) is 6.12. The summed E-state index contributed by atoms with van der Waals surface area (Å²) in [6.07, 6.45) is 2.24. The Hall–Kier alpha value is -1.03. The van der Waals surface area contributed by atoms with Crippen molar-refractivity contribution in [2.45, 2.75) is 39.0 Å². The molecule has 0 aliphatic carbocycles. The van der Waals surface area contributed by atoms with E-state index in [4.69, 9.17) is 21.1 Å². The summed E-state index contributed by atoms with van der Waals surface area (Å²) in [5, 5.41) is -0.851. The van der Waals surface area contributed by atoms with Crippen molar-refractivity contribution in [2.24, 2.45) is 5.41 Å². The summed E-state index contributed by atoms with van der Waals surface area (Å²) in [6.45, 7) is 9.13. The number of esters is 2. The minimum absolute atomic E-state index is 0.185. The average molecular weight is 277 g/mol. The molecular formula is C13H21ClO4. The average Bonchev–Trinajstić information content (AvgIpc) is 2.35. The number of halogens is 1. The molecule has 0 saturated heterocycles. The summed E-state index contributed by atoms with van der Waals surface area (Å²) in [5.74, 6) is -1.30. The number of hydrogen-bond acceptors (Lipinski definition) is 4. The van der Waals surface area contributed by atoms with Crippen molar-refractivity contribution >= 4 is 23.5 Å². The molecular weight excluding hydrogens is 256 g/mol. The highest BCUT2D eigenvalue weighted by Crippen LogP contribution is 2.36. The maximum absolute atomic E-state index is 12.1. The van der Waals surface area contributed by atoms with Gasteiger partial charge in [0.25, 0.3) is 0 Å². The molecule has 104 valence electrons. The summed E-state index contributed by atoms with van der Waals surface area (Å²) in [7, 11) is 0. The van der Waals surface area contributed by atoms with Gasteiger partial charge in [0.1, 0.15) is 0 Å². The SMILES string of the molecule is C=CC(Cl)C(CCC)(C(=O)OCC)C(=O)OCC. The highest BCUT2D eigenvalue weighted by molar-refractivity contribution is 6.26. The van der Waals surface area contributed by atoms with Gasteiger partial charge < -0.3 is 9.47 Å². The van der Waals surface area contributed by atoms with Crippen LogP contribution in [-0.4, -0.2) is 30.5 Å². The first-order chi connectivity index (χ1) is 8.50. The lowest BCUT2D eigenvalue weighted by molar-refractivity contribution is -0.172. The normalized spacial score (nSPS) is 12.7. The Balaban J connectivity index is 5.47. The number of ether oxygens (including phenoxy) is 2. The molecule has 5 heteroatoms. The Morgan fingerprint density at radius 1 is 1.22 bits per heavy atom. The molecule has 0 bridgehead atoms. The van der Waals surface area contributed by atoms with Crippen molar-refractivity contribution in [2.75, 3.05) is 13.2 Å². The van der Waals surface area contributed by atoms with E-state index in [-0.39, 0.29) is 19.6 Å². The number of allylic oxidation sites excluding steroid dienone is 1. The van der Waals surface area contributed by atoms with Crippen molar-refractivity contribution in [3.05, 3.63) is 12.7 Å². The van der Waals surface area contributed by atoms with Crippen LogP contribution in [0.5, 0.6) is 0 Å². The highest BCUT2D eigenvalue weighted by atomic mass is 35.5. The van der Waals surface area contributed by atoms with Crippen molar-refractivity contribution in [1.82, 2.24) is 0 Å². The van der Waals surface area contributed by atoms with Crippen LogP contribution in [0.1, 0.15) is 33.6 Å². The van der Waals surface area contributed by atoms with Crippen LogP contribution in [0.15, 0.2) is 12.7 Å². The van der Waals surface area contributed by atoms with Gasteiger partial charge in [-0.2, -0.15) is 0 Å². The fourth-order valence-corrected chi connectivity index (χ4v) is 2.05. The van der Waals surface area contributed by atoms with E-state index in [9.17, 15) is 9.59 Å². The van der Waals surface area contributed by atoms with Crippen LogP contribution in [0.3, 0.4) is 0 Å². The number of carbonyl (C=O) groups excluding carboxylic acids is 2. The lowest BCUT2D eigenvalue weighted by Gasteiger charge is -2.31. The number of hydrogen-bond donors (Lipinski definition) is 0. The molecule has 0 saturated carbocycles. The van der Waals surface area contributed by atoms with Crippen molar-refractivity contribution in [3.8, 4) is 0 Å². The van der Waals surface area contributed by atoms with Crippen molar-refractivity contribution < 1.29 is 19.1 Å². The Kier molecular flexibility index (Phi) is 7.67. The minimum Gasteiger partial charge on any atom is -0.465 e. The Labute approximate surface area is 113 Å². The Morgan fingerprint density at radius 2 is 1.67 bits per heavy atom. The van der Waals surface area contributed by atoms with Gasteiger partial charge in [-0.25, -0.2) is 0 Å². The van der Waals surface area contributed by atoms with Gasteiger partial charge >= 0.3 is 11.9 Å². The van der Waals surface area contributed by atoms with Gasteiger partial charge in [0.15, 0.2) is 5.41 Å². The number of rotatable bonds is 8. The summed E-state index contributed by atoms with van der Waals surface area (Å²) in [5.41, 5.74) is -1.50. The van der Waals surface area contributed by atoms with Crippen LogP contribution < -0.4 is 0 Å². The minimum atomic E-state index is -1.50. The lowest BCUT2D eigenvalue weighted by atomic mass is 9.79. The van der Waals surface area contributed by atoms with E-state index in [0.717, 1.165) is 0 Å². The smallest absolute Gasteiger partial charge is 0.325 e. The third-order valence-corrected chi connectivity index (χ3v) is 3.15. The van der Waals surface area contributed by atoms with Crippen LogP contribution in [0.25, 0.3) is 0 Å². The Bertz CT molecular complexity index is 283. The first kappa shape index (κ1) is 17.0. The second-order valence-electron chi connectivity index (χ2n) is 3.80. The zero-order valence-corrected chi connectivity index (χ0v) is 12.0. The second-order valence-corrected chi connectivity index (χ2v) is 4.27. The topological polar surface area (TPSA) is 52.6 Å². The molecule has 0 radical (unpaired) electrons.